The second-order valence-corrected chi connectivity index (χ2v) is 9.54. The van der Waals surface area contributed by atoms with Crippen molar-refractivity contribution in [1.82, 2.24) is 5.32 Å². The van der Waals surface area contributed by atoms with Gasteiger partial charge in [0.25, 0.3) is 5.91 Å². The van der Waals surface area contributed by atoms with Gasteiger partial charge in [0.15, 0.2) is 0 Å². The van der Waals surface area contributed by atoms with Crippen LogP contribution in [-0.4, -0.2) is 36.8 Å². The predicted octanol–water partition coefficient (Wildman–Crippen LogP) is 6.85. The summed E-state index contributed by atoms with van der Waals surface area (Å²) < 4.78 is 28.5. The average Bonchev–Trinajstić information content (AvgIpc) is 3.37. The summed E-state index contributed by atoms with van der Waals surface area (Å²) >= 11 is 1.41. The minimum Gasteiger partial charge on any atom is -0.457 e. The highest BCUT2D eigenvalue weighted by Crippen LogP contribution is 2.41. The molecule has 0 saturated heterocycles. The van der Waals surface area contributed by atoms with Gasteiger partial charge in [-0.25, -0.2) is 4.39 Å². The third kappa shape index (κ3) is 6.73. The Labute approximate surface area is 246 Å². The maximum Gasteiger partial charge on any atom is 0.255 e. The molecule has 0 aliphatic heterocycles. The quantitative estimate of drug-likeness (QED) is 0.146. The SMILES string of the molecule is CCO.CNC(=O)c1c(-c2ccc(Oc3ccc(F)cc3)cc2)oc2cc(NSC)c(-c3cccc(C(N)=O)c3)cc12. The summed E-state index contributed by atoms with van der Waals surface area (Å²) in [7, 11) is 1.56. The van der Waals surface area contributed by atoms with E-state index in [4.69, 9.17) is 20.0 Å². The van der Waals surface area contributed by atoms with Gasteiger partial charge in [0.05, 0.1) is 11.3 Å². The van der Waals surface area contributed by atoms with Gasteiger partial charge in [-0.3, -0.25) is 9.59 Å². The number of anilines is 1. The van der Waals surface area contributed by atoms with E-state index in [0.29, 0.717) is 44.9 Å². The molecule has 0 spiro atoms. The van der Waals surface area contributed by atoms with Gasteiger partial charge in [-0.15, -0.1) is 0 Å². The molecule has 5 N–H and O–H groups in total. The van der Waals surface area contributed by atoms with Crippen molar-refractivity contribution in [2.75, 3.05) is 24.6 Å². The standard InChI is InChI=1S/C30H24FN3O4S.C2H6O/c1-33-30(36)27-24-15-23(18-4-3-5-19(14-18)29(32)35)25(34-39-2)16-26(24)38-28(27)17-6-10-21(11-7-17)37-22-12-8-20(31)9-13-22;1-2-3/h3-16,34H,1-2H3,(H2,32,35)(H,33,36);3H,2H2,1H3. The van der Waals surface area contributed by atoms with Gasteiger partial charge in [0.2, 0.25) is 5.91 Å². The Bertz CT molecular complexity index is 1700. The fourth-order valence-electron chi connectivity index (χ4n) is 4.28. The number of aliphatic hydroxyl groups excluding tert-OH is 1. The Morgan fingerprint density at radius 1 is 0.976 bits per heavy atom. The van der Waals surface area contributed by atoms with Crippen LogP contribution in [-0.2, 0) is 0 Å². The van der Waals surface area contributed by atoms with Crippen LogP contribution in [0.2, 0.25) is 0 Å². The number of hydrogen-bond donors (Lipinski definition) is 4. The molecule has 0 atom stereocenters. The second kappa shape index (κ2) is 13.7. The van der Waals surface area contributed by atoms with E-state index >= 15 is 0 Å². The molecule has 4 aromatic carbocycles. The molecule has 0 fully saturated rings. The van der Waals surface area contributed by atoms with E-state index in [9.17, 15) is 14.0 Å². The number of nitrogens with one attached hydrogen (secondary N) is 2. The van der Waals surface area contributed by atoms with Crippen LogP contribution in [0, 0.1) is 5.82 Å². The molecule has 10 heteroatoms. The highest BCUT2D eigenvalue weighted by atomic mass is 32.2. The van der Waals surface area contributed by atoms with E-state index in [-0.39, 0.29) is 18.3 Å². The van der Waals surface area contributed by atoms with Gasteiger partial charge in [-0.2, -0.15) is 0 Å². The minimum absolute atomic E-state index is 0.250. The van der Waals surface area contributed by atoms with Crippen LogP contribution in [0.15, 0.2) is 89.3 Å². The first-order valence-electron chi connectivity index (χ1n) is 13.0. The molecule has 0 saturated carbocycles. The molecule has 5 aromatic rings. The van der Waals surface area contributed by atoms with E-state index < -0.39 is 5.91 Å². The molecular formula is C32H30FN3O5S. The van der Waals surface area contributed by atoms with Crippen molar-refractivity contribution in [3.8, 4) is 33.9 Å². The second-order valence-electron chi connectivity index (χ2n) is 8.93. The van der Waals surface area contributed by atoms with Gasteiger partial charge < -0.3 is 30.0 Å². The molecule has 8 nitrogen and oxygen atoms in total. The van der Waals surface area contributed by atoms with Crippen LogP contribution in [0.25, 0.3) is 33.4 Å². The third-order valence-electron chi connectivity index (χ3n) is 6.12. The summed E-state index contributed by atoms with van der Waals surface area (Å²) in [6.45, 7) is 1.93. The summed E-state index contributed by atoms with van der Waals surface area (Å²) in [5, 5.41) is 10.9. The fourth-order valence-corrected chi connectivity index (χ4v) is 4.67. The molecule has 216 valence electrons. The topological polar surface area (TPSA) is 127 Å². The number of carbonyl (C=O) groups excluding carboxylic acids is 2. The van der Waals surface area contributed by atoms with Crippen molar-refractivity contribution in [3.05, 3.63) is 102 Å². The Balaban J connectivity index is 0.00000129. The Morgan fingerprint density at radius 2 is 1.62 bits per heavy atom. The number of furan rings is 1. The molecular weight excluding hydrogens is 557 g/mol. The summed E-state index contributed by atoms with van der Waals surface area (Å²) in [4.78, 5) is 24.9. The van der Waals surface area contributed by atoms with Crippen molar-refractivity contribution in [3.63, 3.8) is 0 Å². The van der Waals surface area contributed by atoms with Gasteiger partial charge in [0.1, 0.15) is 28.7 Å². The first-order chi connectivity index (χ1) is 20.3. The Morgan fingerprint density at radius 3 is 2.21 bits per heavy atom. The molecule has 0 bridgehead atoms. The molecule has 0 radical (unpaired) electrons. The average molecular weight is 588 g/mol. The van der Waals surface area contributed by atoms with Crippen LogP contribution in [0.1, 0.15) is 27.6 Å². The molecule has 5 rings (SSSR count). The number of fused-ring (bicyclic) bond motifs is 1. The van der Waals surface area contributed by atoms with Crippen LogP contribution in [0.3, 0.4) is 0 Å². The zero-order valence-electron chi connectivity index (χ0n) is 23.2. The predicted molar refractivity (Wildman–Crippen MR) is 165 cm³/mol. The number of ether oxygens (including phenoxy) is 1. The number of amides is 2. The molecule has 0 unspecified atom stereocenters. The summed E-state index contributed by atoms with van der Waals surface area (Å²) in [6.07, 6.45) is 1.90. The number of aliphatic hydroxyl groups is 1. The van der Waals surface area contributed by atoms with E-state index in [1.807, 2.05) is 24.5 Å². The van der Waals surface area contributed by atoms with E-state index in [1.165, 1.54) is 24.1 Å². The lowest BCUT2D eigenvalue weighted by Crippen LogP contribution is -2.18. The number of halogens is 1. The van der Waals surface area contributed by atoms with E-state index in [1.54, 1.807) is 68.6 Å². The highest BCUT2D eigenvalue weighted by Gasteiger charge is 2.23. The lowest BCUT2D eigenvalue weighted by atomic mass is 9.97. The Hall–Kier alpha value is -4.80. The first kappa shape index (κ1) is 30.2. The molecule has 1 heterocycles. The smallest absolute Gasteiger partial charge is 0.255 e. The summed E-state index contributed by atoms with van der Waals surface area (Å²) in [6, 6.07) is 23.5. The largest absolute Gasteiger partial charge is 0.457 e. The van der Waals surface area contributed by atoms with Crippen LogP contribution >= 0.6 is 11.9 Å². The monoisotopic (exact) mass is 587 g/mol. The van der Waals surface area contributed by atoms with Crippen LogP contribution in [0.4, 0.5) is 10.1 Å². The zero-order valence-corrected chi connectivity index (χ0v) is 24.1. The van der Waals surface area contributed by atoms with Crippen molar-refractivity contribution in [2.24, 2.45) is 5.73 Å². The molecule has 0 aliphatic carbocycles. The third-order valence-corrected chi connectivity index (χ3v) is 6.54. The van der Waals surface area contributed by atoms with Crippen molar-refractivity contribution < 1.29 is 28.2 Å². The van der Waals surface area contributed by atoms with Crippen molar-refractivity contribution in [2.45, 2.75) is 6.92 Å². The number of carbonyl (C=O) groups is 2. The number of rotatable bonds is 8. The lowest BCUT2D eigenvalue weighted by molar-refractivity contribution is 0.0963. The van der Waals surface area contributed by atoms with Crippen LogP contribution < -0.4 is 20.5 Å². The fraction of sp³-hybridized carbons (Fsp3) is 0.125. The minimum atomic E-state index is -0.527. The maximum absolute atomic E-state index is 13.2. The zero-order chi connectivity index (χ0) is 30.2. The Kier molecular flexibility index (Phi) is 9.85. The molecule has 1 aromatic heterocycles. The van der Waals surface area contributed by atoms with Gasteiger partial charge in [-0.05, 0) is 79.2 Å². The molecule has 42 heavy (non-hydrogen) atoms. The van der Waals surface area contributed by atoms with Gasteiger partial charge in [0, 0.05) is 48.1 Å². The first-order valence-corrected chi connectivity index (χ1v) is 14.2. The number of primary amides is 1. The number of hydrogen-bond acceptors (Lipinski definition) is 7. The number of benzene rings is 4. The normalized spacial score (nSPS) is 10.5. The number of nitrogens with two attached hydrogens (primary N) is 1. The van der Waals surface area contributed by atoms with Gasteiger partial charge >= 0.3 is 0 Å². The van der Waals surface area contributed by atoms with E-state index in [2.05, 4.69) is 10.0 Å². The molecule has 2 amide bonds. The van der Waals surface area contributed by atoms with E-state index in [0.717, 1.165) is 16.8 Å². The summed E-state index contributed by atoms with van der Waals surface area (Å²) in [5.41, 5.74) is 9.75. The van der Waals surface area contributed by atoms with Crippen molar-refractivity contribution in [1.29, 1.82) is 0 Å². The van der Waals surface area contributed by atoms with Gasteiger partial charge in [-0.1, -0.05) is 24.1 Å². The summed E-state index contributed by atoms with van der Waals surface area (Å²) in [5.74, 6) is 0.269. The highest BCUT2D eigenvalue weighted by molar-refractivity contribution is 7.99. The molecule has 0 aliphatic rings. The maximum atomic E-state index is 13.2. The van der Waals surface area contributed by atoms with Crippen molar-refractivity contribution >= 4 is 40.4 Å². The van der Waals surface area contributed by atoms with Crippen LogP contribution in [0.5, 0.6) is 11.5 Å². The lowest BCUT2D eigenvalue weighted by Gasteiger charge is -2.12.